The molecule has 0 spiro atoms. The van der Waals surface area contributed by atoms with Crippen LogP contribution in [0.4, 0.5) is 0 Å². The van der Waals surface area contributed by atoms with Crippen molar-refractivity contribution in [3.05, 3.63) is 75.3 Å². The zero-order chi connectivity index (χ0) is 19.4. The molecule has 144 valence electrons. The average Bonchev–Trinajstić information content (AvgIpc) is 2.76. The number of halogens is 2. The van der Waals surface area contributed by atoms with Crippen molar-refractivity contribution in [2.24, 2.45) is 5.92 Å². The smallest absolute Gasteiger partial charge is 0.115 e. The summed E-state index contributed by atoms with van der Waals surface area (Å²) >= 11 is 12.6. The van der Waals surface area contributed by atoms with Crippen LogP contribution in [0.25, 0.3) is 6.08 Å². The van der Waals surface area contributed by atoms with Gasteiger partial charge in [-0.1, -0.05) is 66.0 Å². The molecule has 3 rings (SSSR count). The normalized spacial score (nSPS) is 25.0. The Morgan fingerprint density at radius 2 is 1.74 bits per heavy atom. The number of nitrogens with zero attached hydrogens (tertiary/aromatic N) is 1. The van der Waals surface area contributed by atoms with Crippen molar-refractivity contribution in [2.45, 2.75) is 31.3 Å². The van der Waals surface area contributed by atoms with Gasteiger partial charge in [-0.3, -0.25) is 0 Å². The molecule has 27 heavy (non-hydrogen) atoms. The first-order valence-electron chi connectivity index (χ1n) is 9.49. The van der Waals surface area contributed by atoms with E-state index in [1.165, 1.54) is 0 Å². The lowest BCUT2D eigenvalue weighted by atomic mass is 9.74. The predicted molar refractivity (Wildman–Crippen MR) is 115 cm³/mol. The molecule has 0 radical (unpaired) electrons. The molecule has 2 nitrogen and oxygen atoms in total. The van der Waals surface area contributed by atoms with Crippen molar-refractivity contribution in [3.8, 4) is 0 Å². The van der Waals surface area contributed by atoms with E-state index in [-0.39, 0.29) is 5.92 Å². The Balaban J connectivity index is 2.17. The zero-order valence-corrected chi connectivity index (χ0v) is 17.5. The van der Waals surface area contributed by atoms with Gasteiger partial charge in [0, 0.05) is 22.5 Å². The van der Waals surface area contributed by atoms with Crippen LogP contribution in [0.15, 0.2) is 54.1 Å². The Labute approximate surface area is 172 Å². The Morgan fingerprint density at radius 3 is 2.37 bits per heavy atom. The second-order valence-electron chi connectivity index (χ2n) is 7.71. The van der Waals surface area contributed by atoms with Crippen molar-refractivity contribution in [2.75, 3.05) is 20.6 Å². The maximum absolute atomic E-state index is 12.2. The molecule has 0 aromatic heterocycles. The Bertz CT molecular complexity index is 783. The van der Waals surface area contributed by atoms with Crippen LogP contribution in [0.1, 0.15) is 36.8 Å². The summed E-state index contributed by atoms with van der Waals surface area (Å²) in [6.45, 7) is 0.798. The van der Waals surface area contributed by atoms with Crippen LogP contribution in [0, 0.1) is 5.92 Å². The highest BCUT2D eigenvalue weighted by atomic mass is 35.5. The number of hydrogen-bond acceptors (Lipinski definition) is 2. The number of rotatable bonds is 4. The zero-order valence-electron chi connectivity index (χ0n) is 16.0. The summed E-state index contributed by atoms with van der Waals surface area (Å²) in [7, 11) is 4.10. The molecular weight excluding hydrogens is 377 g/mol. The van der Waals surface area contributed by atoms with E-state index in [2.05, 4.69) is 37.2 Å². The van der Waals surface area contributed by atoms with E-state index in [0.717, 1.165) is 48.9 Å². The minimum atomic E-state index is -1.09. The lowest BCUT2D eigenvalue weighted by Gasteiger charge is -2.39. The molecule has 0 heterocycles. The van der Waals surface area contributed by atoms with Gasteiger partial charge in [-0.2, -0.15) is 0 Å². The van der Waals surface area contributed by atoms with Crippen LogP contribution < -0.4 is 0 Å². The van der Waals surface area contributed by atoms with Crippen LogP contribution in [0.2, 0.25) is 10.0 Å². The molecule has 1 fully saturated rings. The third kappa shape index (κ3) is 4.75. The molecule has 0 amide bonds. The Hall–Kier alpha value is -1.32. The molecule has 1 N–H and O–H groups in total. The van der Waals surface area contributed by atoms with Crippen LogP contribution in [-0.2, 0) is 5.60 Å². The van der Waals surface area contributed by atoms with Crippen molar-refractivity contribution in [1.82, 2.24) is 4.90 Å². The van der Waals surface area contributed by atoms with Gasteiger partial charge in [0.2, 0.25) is 0 Å². The van der Waals surface area contributed by atoms with Gasteiger partial charge >= 0.3 is 0 Å². The fourth-order valence-electron chi connectivity index (χ4n) is 4.16. The fourth-order valence-corrected chi connectivity index (χ4v) is 4.69. The highest BCUT2D eigenvalue weighted by Crippen LogP contribution is 2.46. The molecule has 2 aromatic rings. The van der Waals surface area contributed by atoms with E-state index in [1.807, 2.05) is 30.3 Å². The van der Waals surface area contributed by atoms with Gasteiger partial charge in [-0.15, -0.1) is 0 Å². The molecule has 1 aliphatic rings. The molecule has 0 aliphatic heterocycles. The first-order chi connectivity index (χ1) is 12.9. The SMILES string of the molecule is CN(C)CC1CCCC/C(=C/c2ccccc2)C1(O)c1cc(Cl)cc(Cl)c1. The van der Waals surface area contributed by atoms with Crippen molar-refractivity contribution in [3.63, 3.8) is 0 Å². The van der Waals surface area contributed by atoms with Gasteiger partial charge < -0.3 is 10.0 Å². The molecule has 1 aliphatic carbocycles. The second-order valence-corrected chi connectivity index (χ2v) is 8.58. The van der Waals surface area contributed by atoms with E-state index in [4.69, 9.17) is 23.2 Å². The Kier molecular flexibility index (Phi) is 6.65. The first-order valence-corrected chi connectivity index (χ1v) is 10.2. The van der Waals surface area contributed by atoms with E-state index < -0.39 is 5.60 Å². The quantitative estimate of drug-likeness (QED) is 0.631. The number of aliphatic hydroxyl groups is 1. The molecular formula is C23H27Cl2NO. The summed E-state index contributed by atoms with van der Waals surface area (Å²) in [5.74, 6) is 0.0690. The van der Waals surface area contributed by atoms with Gasteiger partial charge in [0.25, 0.3) is 0 Å². The number of hydrogen-bond donors (Lipinski definition) is 1. The minimum absolute atomic E-state index is 0.0690. The van der Waals surface area contributed by atoms with Gasteiger partial charge in [0.15, 0.2) is 0 Å². The molecule has 2 aromatic carbocycles. The summed E-state index contributed by atoms with van der Waals surface area (Å²) in [5.41, 5.74) is 1.84. The van der Waals surface area contributed by atoms with E-state index in [1.54, 1.807) is 6.07 Å². The highest BCUT2D eigenvalue weighted by molar-refractivity contribution is 6.34. The largest absolute Gasteiger partial charge is 0.380 e. The molecule has 0 bridgehead atoms. The maximum Gasteiger partial charge on any atom is 0.115 e. The summed E-state index contributed by atoms with van der Waals surface area (Å²) in [5, 5.41) is 13.3. The predicted octanol–water partition coefficient (Wildman–Crippen LogP) is 6.02. The fraction of sp³-hybridized carbons (Fsp3) is 0.391. The first kappa shape index (κ1) is 20.4. The van der Waals surface area contributed by atoms with E-state index in [9.17, 15) is 5.11 Å². The summed E-state index contributed by atoms with van der Waals surface area (Å²) < 4.78 is 0. The molecule has 2 atom stereocenters. The third-order valence-electron chi connectivity index (χ3n) is 5.36. The van der Waals surface area contributed by atoms with Gasteiger partial charge in [-0.05, 0) is 68.3 Å². The highest BCUT2D eigenvalue weighted by Gasteiger charge is 2.43. The Morgan fingerprint density at radius 1 is 1.07 bits per heavy atom. The molecule has 1 saturated carbocycles. The minimum Gasteiger partial charge on any atom is -0.380 e. The standard InChI is InChI=1S/C23H27Cl2NO/c1-26(2)16-19-11-7-6-10-18(12-17-8-4-3-5-9-17)23(19,27)20-13-21(24)15-22(25)14-20/h3-5,8-9,12-15,19,27H,6-7,10-11,16H2,1-2H3/b18-12-. The molecule has 0 saturated heterocycles. The van der Waals surface area contributed by atoms with Crippen molar-refractivity contribution in [1.29, 1.82) is 0 Å². The average molecular weight is 404 g/mol. The van der Waals surface area contributed by atoms with E-state index >= 15 is 0 Å². The molecule has 4 heteroatoms. The van der Waals surface area contributed by atoms with E-state index in [0.29, 0.717) is 10.0 Å². The van der Waals surface area contributed by atoms with Gasteiger partial charge in [0.1, 0.15) is 5.60 Å². The molecule has 2 unspecified atom stereocenters. The number of benzene rings is 2. The maximum atomic E-state index is 12.2. The summed E-state index contributed by atoms with van der Waals surface area (Å²) in [6, 6.07) is 15.6. The van der Waals surface area contributed by atoms with Crippen LogP contribution in [0.3, 0.4) is 0 Å². The van der Waals surface area contributed by atoms with Gasteiger partial charge in [-0.25, -0.2) is 0 Å². The van der Waals surface area contributed by atoms with Crippen LogP contribution in [0.5, 0.6) is 0 Å². The van der Waals surface area contributed by atoms with Crippen LogP contribution in [-0.4, -0.2) is 30.6 Å². The van der Waals surface area contributed by atoms with Gasteiger partial charge in [0.05, 0.1) is 0 Å². The second kappa shape index (κ2) is 8.79. The van der Waals surface area contributed by atoms with Crippen molar-refractivity contribution >= 4 is 29.3 Å². The lowest BCUT2D eigenvalue weighted by Crippen LogP contribution is -2.41. The third-order valence-corrected chi connectivity index (χ3v) is 5.79. The monoisotopic (exact) mass is 403 g/mol. The topological polar surface area (TPSA) is 23.5 Å². The van der Waals surface area contributed by atoms with Crippen LogP contribution >= 0.6 is 23.2 Å². The van der Waals surface area contributed by atoms with Crippen molar-refractivity contribution < 1.29 is 5.11 Å². The summed E-state index contributed by atoms with van der Waals surface area (Å²) in [4.78, 5) is 2.15. The lowest BCUT2D eigenvalue weighted by molar-refractivity contribution is 0.000497. The summed E-state index contributed by atoms with van der Waals surface area (Å²) in [6.07, 6.45) is 6.13.